The summed E-state index contributed by atoms with van der Waals surface area (Å²) in [4.78, 5) is 13.8. The fourth-order valence-corrected chi connectivity index (χ4v) is 4.37. The first-order valence-electron chi connectivity index (χ1n) is 8.71. The Labute approximate surface area is 154 Å². The van der Waals surface area contributed by atoms with Gasteiger partial charge in [-0.15, -0.1) is 20.6 Å². The molecule has 1 aliphatic heterocycles. The third-order valence-electron chi connectivity index (χ3n) is 4.55. The van der Waals surface area contributed by atoms with Gasteiger partial charge in [0.05, 0.1) is 12.7 Å². The molecule has 25 heavy (non-hydrogen) atoms. The van der Waals surface area contributed by atoms with Crippen LogP contribution in [-0.2, 0) is 4.74 Å². The fourth-order valence-electron chi connectivity index (χ4n) is 3.22. The second-order valence-electron chi connectivity index (χ2n) is 6.26. The monoisotopic (exact) mass is 371 g/mol. The van der Waals surface area contributed by atoms with E-state index in [1.165, 1.54) is 10.3 Å². The van der Waals surface area contributed by atoms with Crippen LogP contribution in [-0.4, -0.2) is 41.9 Å². The summed E-state index contributed by atoms with van der Waals surface area (Å²) >= 11 is 1.74. The Hall–Kier alpha value is -1.55. The van der Waals surface area contributed by atoms with Crippen LogP contribution in [0, 0.1) is 0 Å². The van der Waals surface area contributed by atoms with E-state index in [0.717, 1.165) is 54.9 Å². The Bertz CT molecular complexity index is 831. The third-order valence-corrected chi connectivity index (χ3v) is 5.88. The maximum atomic E-state index is 5.87. The lowest BCUT2D eigenvalue weighted by molar-refractivity contribution is 0.0475. The Morgan fingerprint density at radius 2 is 2.12 bits per heavy atom. The molecule has 0 aromatic carbocycles. The lowest BCUT2D eigenvalue weighted by Crippen LogP contribution is -2.37. The van der Waals surface area contributed by atoms with Gasteiger partial charge in [-0.2, -0.15) is 0 Å². The highest BCUT2D eigenvalue weighted by Crippen LogP contribution is 2.33. The SMILES string of the molecule is PCCOC1CCN(c2ccc3cc(-c4cccnc4)sc3n2)CC1. The molecular formula is C19H22N3OPS. The first kappa shape index (κ1) is 16.9. The van der Waals surface area contributed by atoms with Gasteiger partial charge in [-0.05, 0) is 43.3 Å². The highest BCUT2D eigenvalue weighted by atomic mass is 32.1. The minimum absolute atomic E-state index is 0.402. The van der Waals surface area contributed by atoms with E-state index in [4.69, 9.17) is 9.72 Å². The van der Waals surface area contributed by atoms with Gasteiger partial charge < -0.3 is 9.64 Å². The molecule has 0 saturated carbocycles. The Kier molecular flexibility index (Phi) is 5.25. The number of thiophene rings is 1. The van der Waals surface area contributed by atoms with Crippen molar-refractivity contribution in [3.05, 3.63) is 42.7 Å². The second-order valence-corrected chi connectivity index (χ2v) is 7.87. The Balaban J connectivity index is 1.50. The normalized spacial score (nSPS) is 15.8. The number of pyridine rings is 2. The quantitative estimate of drug-likeness (QED) is 0.630. The summed E-state index contributed by atoms with van der Waals surface area (Å²) in [6.07, 6.45) is 7.28. The van der Waals surface area contributed by atoms with Crippen LogP contribution >= 0.6 is 20.6 Å². The van der Waals surface area contributed by atoms with Gasteiger partial charge in [0.1, 0.15) is 10.6 Å². The van der Waals surface area contributed by atoms with E-state index in [1.807, 2.05) is 12.3 Å². The fraction of sp³-hybridized carbons (Fsp3) is 0.368. The van der Waals surface area contributed by atoms with Crippen molar-refractivity contribution < 1.29 is 4.74 Å². The van der Waals surface area contributed by atoms with Gasteiger partial charge in [0.2, 0.25) is 0 Å². The molecule has 4 heterocycles. The molecule has 3 aromatic heterocycles. The minimum Gasteiger partial charge on any atom is -0.378 e. The molecule has 4 nitrogen and oxygen atoms in total. The van der Waals surface area contributed by atoms with Gasteiger partial charge in [-0.25, -0.2) is 4.98 Å². The van der Waals surface area contributed by atoms with Crippen LogP contribution in [0.5, 0.6) is 0 Å². The molecule has 0 radical (unpaired) electrons. The molecule has 1 fully saturated rings. The van der Waals surface area contributed by atoms with Crippen molar-refractivity contribution in [3.63, 3.8) is 0 Å². The summed E-state index contributed by atoms with van der Waals surface area (Å²) in [5, 5.41) is 1.20. The number of hydrogen-bond acceptors (Lipinski definition) is 5. The summed E-state index contributed by atoms with van der Waals surface area (Å²) < 4.78 is 5.87. The molecule has 6 heteroatoms. The summed E-state index contributed by atoms with van der Waals surface area (Å²) in [5.41, 5.74) is 1.15. The predicted octanol–water partition coefficient (Wildman–Crippen LogP) is 4.22. The standard InChI is InChI=1S/C19H22N3OPS/c24-11-10-23-16-5-8-22(9-6-16)18-4-3-14-12-17(25-19(14)21-18)15-2-1-7-20-13-15/h1-4,7,12-13,16H,5-6,8-11,24H2. The first-order valence-corrected chi connectivity index (χ1v) is 10.3. The molecule has 1 saturated heterocycles. The Morgan fingerprint density at radius 1 is 1.24 bits per heavy atom. The van der Waals surface area contributed by atoms with Crippen LogP contribution in [0.2, 0.25) is 0 Å². The number of hydrogen-bond donors (Lipinski definition) is 0. The zero-order chi connectivity index (χ0) is 17.1. The number of fused-ring (bicyclic) bond motifs is 1. The van der Waals surface area contributed by atoms with E-state index in [-0.39, 0.29) is 0 Å². The molecular weight excluding hydrogens is 349 g/mol. The van der Waals surface area contributed by atoms with Crippen LogP contribution in [0.3, 0.4) is 0 Å². The van der Waals surface area contributed by atoms with Gasteiger partial charge in [0.25, 0.3) is 0 Å². The minimum atomic E-state index is 0.402. The summed E-state index contributed by atoms with van der Waals surface area (Å²) in [7, 11) is 2.72. The third kappa shape index (κ3) is 3.84. The molecule has 4 rings (SSSR count). The zero-order valence-electron chi connectivity index (χ0n) is 14.1. The molecule has 0 amide bonds. The largest absolute Gasteiger partial charge is 0.378 e. The van der Waals surface area contributed by atoms with E-state index in [2.05, 4.69) is 43.4 Å². The van der Waals surface area contributed by atoms with Crippen molar-refractivity contribution in [1.29, 1.82) is 0 Å². The van der Waals surface area contributed by atoms with Crippen molar-refractivity contribution in [2.75, 3.05) is 30.8 Å². The van der Waals surface area contributed by atoms with E-state index in [9.17, 15) is 0 Å². The Morgan fingerprint density at radius 3 is 2.88 bits per heavy atom. The van der Waals surface area contributed by atoms with Crippen LogP contribution in [0.15, 0.2) is 42.7 Å². The zero-order valence-corrected chi connectivity index (χ0v) is 16.1. The van der Waals surface area contributed by atoms with Crippen molar-refractivity contribution in [2.24, 2.45) is 0 Å². The van der Waals surface area contributed by atoms with Crippen LogP contribution in [0.1, 0.15) is 12.8 Å². The molecule has 0 aliphatic carbocycles. The maximum absolute atomic E-state index is 5.87. The number of rotatable bonds is 5. The lowest BCUT2D eigenvalue weighted by atomic mass is 10.1. The average Bonchev–Trinajstić information content (AvgIpc) is 3.11. The highest BCUT2D eigenvalue weighted by Gasteiger charge is 2.20. The molecule has 0 bridgehead atoms. The second kappa shape index (κ2) is 7.77. The summed E-state index contributed by atoms with van der Waals surface area (Å²) in [6.45, 7) is 2.87. The van der Waals surface area contributed by atoms with Gasteiger partial charge in [0, 0.05) is 41.3 Å². The van der Waals surface area contributed by atoms with Crippen molar-refractivity contribution >= 4 is 36.6 Å². The topological polar surface area (TPSA) is 38.2 Å². The predicted molar refractivity (Wildman–Crippen MR) is 109 cm³/mol. The van der Waals surface area contributed by atoms with Crippen molar-refractivity contribution in [2.45, 2.75) is 18.9 Å². The summed E-state index contributed by atoms with van der Waals surface area (Å²) in [5.74, 6) is 1.08. The summed E-state index contributed by atoms with van der Waals surface area (Å²) in [6, 6.07) is 10.6. The van der Waals surface area contributed by atoms with Crippen LogP contribution in [0.4, 0.5) is 5.82 Å². The van der Waals surface area contributed by atoms with Gasteiger partial charge in [0.15, 0.2) is 0 Å². The van der Waals surface area contributed by atoms with Crippen molar-refractivity contribution in [1.82, 2.24) is 9.97 Å². The number of aromatic nitrogens is 2. The number of nitrogens with zero attached hydrogens (tertiary/aromatic N) is 3. The molecule has 0 spiro atoms. The van der Waals surface area contributed by atoms with E-state index < -0.39 is 0 Å². The molecule has 130 valence electrons. The number of piperidine rings is 1. The smallest absolute Gasteiger partial charge is 0.130 e. The van der Waals surface area contributed by atoms with Gasteiger partial charge in [-0.1, -0.05) is 6.07 Å². The van der Waals surface area contributed by atoms with E-state index in [0.29, 0.717) is 6.10 Å². The van der Waals surface area contributed by atoms with Gasteiger partial charge >= 0.3 is 0 Å². The van der Waals surface area contributed by atoms with Crippen LogP contribution in [0.25, 0.3) is 20.7 Å². The molecule has 1 atom stereocenters. The molecule has 3 aromatic rings. The van der Waals surface area contributed by atoms with E-state index >= 15 is 0 Å². The lowest BCUT2D eigenvalue weighted by Gasteiger charge is -2.32. The molecule has 0 N–H and O–H groups in total. The highest BCUT2D eigenvalue weighted by molar-refractivity contribution is 7.21. The van der Waals surface area contributed by atoms with Gasteiger partial charge in [-0.3, -0.25) is 4.98 Å². The molecule has 1 aliphatic rings. The molecule has 1 unspecified atom stereocenters. The van der Waals surface area contributed by atoms with Crippen LogP contribution < -0.4 is 4.90 Å². The number of anilines is 1. The average molecular weight is 371 g/mol. The number of ether oxygens (including phenoxy) is 1. The van der Waals surface area contributed by atoms with Crippen molar-refractivity contribution in [3.8, 4) is 10.4 Å². The first-order chi connectivity index (χ1) is 12.3. The maximum Gasteiger partial charge on any atom is 0.130 e. The van der Waals surface area contributed by atoms with E-state index in [1.54, 1.807) is 17.5 Å².